The molecule has 4 aliphatic rings. The minimum absolute atomic E-state index is 0. The second kappa shape index (κ2) is 32.1. The molecule has 4 aromatic rings. The number of ketones is 1. The van der Waals surface area contributed by atoms with Crippen LogP contribution in [-0.4, -0.2) is 72.9 Å². The molecule has 4 atom stereocenters. The van der Waals surface area contributed by atoms with Gasteiger partial charge in [0, 0.05) is 28.6 Å². The van der Waals surface area contributed by atoms with E-state index in [4.69, 9.17) is 15.2 Å². The molecular formula is C63H79ClF8N6O6S2. The van der Waals surface area contributed by atoms with E-state index in [0.717, 1.165) is 128 Å². The van der Waals surface area contributed by atoms with Crippen molar-refractivity contribution in [1.82, 2.24) is 16.0 Å². The second-order valence-electron chi connectivity index (χ2n) is 23.9. The van der Waals surface area contributed by atoms with Gasteiger partial charge >= 0.3 is 18.0 Å². The molecule has 86 heavy (non-hydrogen) atoms. The second-order valence-corrected chi connectivity index (χ2v) is 25.5. The zero-order valence-electron chi connectivity index (χ0n) is 49.4. The SMILES string of the molecule is COOSc1ccc(-c2ccc([C@H](N[C@@H](CC(C)(C)F)C(=O)C(C3CCCCC3)C3CCCCC3)C(F)(F)F)cc2)cc1.COOSc1ccc(-c2ccc([C@H](N[C@@H](CC(C)(C)F)C(=O)NC3(C#N)CC3)C(F)(F)F)cc2)cc1.[C-]#[N+]C1([NH3+])CC1.[Cl-]. The van der Waals surface area contributed by atoms with Crippen LogP contribution < -0.4 is 34.1 Å². The standard InChI is InChI=1S/C34H45F4NO3S.C25H27F4N3O3S.C4H6N2.ClH/c1-33(2,35)22-29(31(40)30(25-10-6-4-7-11-25)26-12-8-5-9-13-26)39-32(34(36,37)38)27-16-14-23(15-17-27)24-18-20-28(21-19-24)43-42-41-3;1-23(2,26)14-20(22(33)32-24(15-30)12-13-24)31-21(25(27,28)29)18-6-4-16(5-7-18)17-8-10-19(11-9-17)36-35-34-3;1-6-4(5)2-3-4;/h14-21,25-26,29-30,32,39H,4-13,22H2,1-3H3;4-11,20-21,31H,12-14H2,1-3H3,(H,32,33);2-3,5H2;1H/t29-,32-;20-,21-;;/m00../s1. The molecule has 0 aromatic heterocycles. The van der Waals surface area contributed by atoms with Crippen LogP contribution in [0.25, 0.3) is 27.1 Å². The first kappa shape index (κ1) is 71.9. The highest BCUT2D eigenvalue weighted by Gasteiger charge is 2.52. The Hall–Kier alpha value is -4.85. The van der Waals surface area contributed by atoms with Crippen LogP contribution in [0.4, 0.5) is 35.1 Å². The number of halogens is 9. The van der Waals surface area contributed by atoms with E-state index in [2.05, 4.69) is 36.3 Å². The van der Waals surface area contributed by atoms with E-state index in [1.165, 1.54) is 66.2 Å². The van der Waals surface area contributed by atoms with E-state index in [-0.39, 0.29) is 59.2 Å². The molecule has 0 aliphatic heterocycles. The van der Waals surface area contributed by atoms with Crippen molar-refractivity contribution >= 4 is 35.8 Å². The van der Waals surface area contributed by atoms with Gasteiger partial charge < -0.3 is 17.7 Å². The topological polar surface area (TPSA) is 163 Å². The van der Waals surface area contributed by atoms with Gasteiger partial charge in [0.05, 0.1) is 69.3 Å². The van der Waals surface area contributed by atoms with Crippen molar-refractivity contribution in [1.29, 1.82) is 5.26 Å². The molecule has 8 rings (SSSR count). The largest absolute Gasteiger partial charge is 1.00 e. The van der Waals surface area contributed by atoms with Crippen LogP contribution in [0.1, 0.15) is 154 Å². The van der Waals surface area contributed by atoms with Crippen molar-refractivity contribution in [3.63, 3.8) is 0 Å². The first-order chi connectivity index (χ1) is 40.1. The predicted octanol–water partition coefficient (Wildman–Crippen LogP) is 12.4. The highest BCUT2D eigenvalue weighted by molar-refractivity contribution is 7.94. The highest BCUT2D eigenvalue weighted by Crippen LogP contribution is 2.44. The Kier molecular flexibility index (Phi) is 26.8. The van der Waals surface area contributed by atoms with Crippen LogP contribution in [0, 0.1) is 35.7 Å². The number of amides is 1. The number of benzene rings is 4. The van der Waals surface area contributed by atoms with Gasteiger partial charge in [-0.25, -0.2) is 25.1 Å². The van der Waals surface area contributed by atoms with E-state index < -0.39 is 65.7 Å². The monoisotopic (exact) mass is 1270 g/mol. The summed E-state index contributed by atoms with van der Waals surface area (Å²) in [6.45, 7) is 11.5. The number of Topliss-reactive ketones (excluding diaryl/α,β-unsaturated/α-hetero) is 1. The molecule has 23 heteroatoms. The van der Waals surface area contributed by atoms with Crippen molar-refractivity contribution in [2.75, 3.05) is 14.2 Å². The van der Waals surface area contributed by atoms with Gasteiger partial charge in [0.1, 0.15) is 29.0 Å². The Morgan fingerprint density at radius 2 is 0.965 bits per heavy atom. The fourth-order valence-electron chi connectivity index (χ4n) is 10.9. The average molecular weight is 1270 g/mol. The molecule has 4 saturated carbocycles. The molecule has 4 aliphatic carbocycles. The van der Waals surface area contributed by atoms with Gasteiger partial charge in [-0.3, -0.25) is 30.8 Å². The molecule has 1 amide bonds. The smallest absolute Gasteiger partial charge is 0.407 e. The number of rotatable bonds is 24. The number of nitrogens with one attached hydrogen (secondary N) is 3. The number of nitrogens with zero attached hydrogens (tertiary/aromatic N) is 2. The number of carbonyl (C=O) groups excluding carboxylic acids is 2. The lowest BCUT2D eigenvalue weighted by atomic mass is 9.66. The number of carbonyl (C=O) groups is 2. The van der Waals surface area contributed by atoms with Crippen molar-refractivity contribution in [2.45, 2.75) is 199 Å². The van der Waals surface area contributed by atoms with Crippen LogP contribution >= 0.6 is 24.1 Å². The number of quaternary nitrogens is 1. The third kappa shape index (κ3) is 22.6. The summed E-state index contributed by atoms with van der Waals surface area (Å²) in [4.78, 5) is 41.1. The van der Waals surface area contributed by atoms with Crippen molar-refractivity contribution < 1.29 is 81.3 Å². The maximum atomic E-state index is 15.1. The lowest BCUT2D eigenvalue weighted by Crippen LogP contribution is -3.00. The number of hydrogen-bond donors (Lipinski definition) is 4. The molecule has 0 spiro atoms. The summed E-state index contributed by atoms with van der Waals surface area (Å²) >= 11 is 2.08. The van der Waals surface area contributed by atoms with Gasteiger partial charge in [-0.2, -0.15) is 40.3 Å². The molecule has 0 heterocycles. The van der Waals surface area contributed by atoms with Gasteiger partial charge in [0.25, 0.3) is 0 Å². The summed E-state index contributed by atoms with van der Waals surface area (Å²) in [5.74, 6) is -1.07. The van der Waals surface area contributed by atoms with Gasteiger partial charge in [-0.05, 0) is 136 Å². The fraction of sp³-hybridized carbons (Fsp3) is 0.556. The molecule has 12 nitrogen and oxygen atoms in total. The molecule has 4 fully saturated rings. The average Bonchev–Trinajstić information content (AvgIpc) is 4.42. The number of nitriles is 1. The maximum Gasteiger partial charge on any atom is 0.407 e. The van der Waals surface area contributed by atoms with E-state index >= 15 is 4.39 Å². The van der Waals surface area contributed by atoms with Crippen molar-refractivity contribution in [3.8, 4) is 28.3 Å². The van der Waals surface area contributed by atoms with Crippen LogP contribution in [-0.2, 0) is 28.0 Å². The van der Waals surface area contributed by atoms with Crippen LogP contribution in [0.15, 0.2) is 107 Å². The van der Waals surface area contributed by atoms with E-state index in [1.54, 1.807) is 48.5 Å². The van der Waals surface area contributed by atoms with Gasteiger partial charge in [0.2, 0.25) is 5.91 Å². The van der Waals surface area contributed by atoms with Gasteiger partial charge in [-0.1, -0.05) is 111 Å². The third-order valence-electron chi connectivity index (χ3n) is 15.7. The summed E-state index contributed by atoms with van der Waals surface area (Å²) in [7, 11) is 2.80. The normalized spacial score (nSPS) is 18.2. The van der Waals surface area contributed by atoms with Gasteiger partial charge in [-0.15, -0.1) is 0 Å². The maximum absolute atomic E-state index is 15.1. The summed E-state index contributed by atoms with van der Waals surface area (Å²) in [6, 6.07) is 21.3. The molecule has 4 aromatic carbocycles. The molecule has 472 valence electrons. The zero-order chi connectivity index (χ0) is 62.2. The first-order valence-electron chi connectivity index (χ1n) is 28.8. The summed E-state index contributed by atoms with van der Waals surface area (Å²) in [5.41, 5.74) is 1.59. The molecule has 0 radical (unpaired) electrons. The van der Waals surface area contributed by atoms with Crippen molar-refractivity contribution in [3.05, 3.63) is 120 Å². The van der Waals surface area contributed by atoms with Gasteiger partial charge in [0.15, 0.2) is 5.78 Å². The molecule has 6 N–H and O–H groups in total. The molecule has 0 unspecified atom stereocenters. The van der Waals surface area contributed by atoms with E-state index in [0.29, 0.717) is 18.4 Å². The Bertz CT molecular complexity index is 2810. The van der Waals surface area contributed by atoms with Crippen LogP contribution in [0.5, 0.6) is 0 Å². The Balaban J connectivity index is 0.000000286. The Morgan fingerprint density at radius 1 is 0.616 bits per heavy atom. The zero-order valence-corrected chi connectivity index (χ0v) is 51.8. The lowest BCUT2D eigenvalue weighted by molar-refractivity contribution is -0.421. The minimum Gasteiger partial charge on any atom is -1.00 e. The number of hydrogen-bond acceptors (Lipinski definition) is 11. The Labute approximate surface area is 515 Å². The number of alkyl halides is 8. The quantitative estimate of drug-likeness (QED) is 0.0174. The van der Waals surface area contributed by atoms with Crippen LogP contribution in [0.3, 0.4) is 0 Å². The third-order valence-corrected chi connectivity index (χ3v) is 17.1. The summed E-state index contributed by atoms with van der Waals surface area (Å²) in [6.07, 6.45) is 2.67. The fourth-order valence-corrected chi connectivity index (χ4v) is 11.7. The van der Waals surface area contributed by atoms with E-state index in [1.807, 2.05) is 30.3 Å². The molecular weight excluding hydrogens is 1190 g/mol. The highest BCUT2D eigenvalue weighted by atomic mass is 35.5. The Morgan fingerprint density at radius 3 is 1.26 bits per heavy atom. The summed E-state index contributed by atoms with van der Waals surface area (Å²) < 4.78 is 125. The van der Waals surface area contributed by atoms with E-state index in [9.17, 15) is 45.6 Å². The van der Waals surface area contributed by atoms with Crippen molar-refractivity contribution in [2.24, 2.45) is 17.8 Å². The summed E-state index contributed by atoms with van der Waals surface area (Å²) in [5, 5.41) is 16.7. The van der Waals surface area contributed by atoms with Crippen LogP contribution in [0.2, 0.25) is 0 Å². The minimum atomic E-state index is -4.76. The first-order valence-corrected chi connectivity index (χ1v) is 30.3. The lowest BCUT2D eigenvalue weighted by Gasteiger charge is -2.40. The predicted molar refractivity (Wildman–Crippen MR) is 312 cm³/mol. The molecule has 0 saturated heterocycles. The molecule has 0 bridgehead atoms.